The molecule has 0 bridgehead atoms. The quantitative estimate of drug-likeness (QED) is 0.784. The number of benzene rings is 2. The van der Waals surface area contributed by atoms with Crippen LogP contribution in [0.3, 0.4) is 0 Å². The number of rotatable bonds is 6. The standard InChI is InChI=1S/C22H26N2O3/c1-17-6-12-20(13-7-17)27-16-15-23(2)22(26)18-8-10-19(11-9-18)24-14-4-3-5-21(24)25/h6-13H,3-5,14-16H2,1-2H3. The summed E-state index contributed by atoms with van der Waals surface area (Å²) in [5, 5.41) is 0. The topological polar surface area (TPSA) is 49.9 Å². The van der Waals surface area contributed by atoms with Crippen LogP contribution in [0.2, 0.25) is 0 Å². The maximum Gasteiger partial charge on any atom is 0.253 e. The van der Waals surface area contributed by atoms with Gasteiger partial charge in [0, 0.05) is 31.3 Å². The smallest absolute Gasteiger partial charge is 0.253 e. The Morgan fingerprint density at radius 1 is 1.07 bits per heavy atom. The molecule has 1 saturated heterocycles. The molecule has 27 heavy (non-hydrogen) atoms. The van der Waals surface area contributed by atoms with E-state index in [0.717, 1.165) is 30.8 Å². The Balaban J connectivity index is 1.53. The van der Waals surface area contributed by atoms with E-state index in [0.29, 0.717) is 25.1 Å². The highest BCUT2D eigenvalue weighted by molar-refractivity contribution is 5.96. The molecular weight excluding hydrogens is 340 g/mol. The monoisotopic (exact) mass is 366 g/mol. The van der Waals surface area contributed by atoms with Gasteiger partial charge in [0.15, 0.2) is 0 Å². The molecule has 0 N–H and O–H groups in total. The molecule has 5 nitrogen and oxygen atoms in total. The first kappa shape index (κ1) is 19.0. The summed E-state index contributed by atoms with van der Waals surface area (Å²) in [5.74, 6) is 0.904. The zero-order valence-corrected chi connectivity index (χ0v) is 16.0. The van der Waals surface area contributed by atoms with Crippen LogP contribution in [0, 0.1) is 6.92 Å². The molecule has 0 aromatic heterocycles. The number of amides is 2. The summed E-state index contributed by atoms with van der Waals surface area (Å²) in [4.78, 5) is 28.0. The van der Waals surface area contributed by atoms with Gasteiger partial charge < -0.3 is 14.5 Å². The molecule has 142 valence electrons. The van der Waals surface area contributed by atoms with E-state index in [-0.39, 0.29) is 11.8 Å². The van der Waals surface area contributed by atoms with Gasteiger partial charge in [-0.1, -0.05) is 17.7 Å². The molecule has 3 rings (SSSR count). The first-order valence-corrected chi connectivity index (χ1v) is 9.40. The summed E-state index contributed by atoms with van der Waals surface area (Å²) in [6.07, 6.45) is 2.59. The van der Waals surface area contributed by atoms with Gasteiger partial charge in [0.05, 0.1) is 6.54 Å². The molecule has 2 aromatic carbocycles. The second-order valence-corrected chi connectivity index (χ2v) is 6.94. The van der Waals surface area contributed by atoms with Crippen molar-refractivity contribution in [3.8, 4) is 5.75 Å². The fraction of sp³-hybridized carbons (Fsp3) is 0.364. The molecule has 0 unspecified atom stereocenters. The number of piperidine rings is 1. The average molecular weight is 366 g/mol. The third-order valence-corrected chi connectivity index (χ3v) is 4.81. The van der Waals surface area contributed by atoms with Gasteiger partial charge in [-0.15, -0.1) is 0 Å². The fourth-order valence-electron chi connectivity index (χ4n) is 3.12. The SMILES string of the molecule is Cc1ccc(OCCN(C)C(=O)c2ccc(N3CCCCC3=O)cc2)cc1. The number of likely N-dealkylation sites (N-methyl/N-ethyl adjacent to an activating group) is 1. The van der Waals surface area contributed by atoms with Crippen LogP contribution in [0.15, 0.2) is 48.5 Å². The van der Waals surface area contributed by atoms with E-state index in [2.05, 4.69) is 0 Å². The number of nitrogens with zero attached hydrogens (tertiary/aromatic N) is 2. The van der Waals surface area contributed by atoms with Crippen LogP contribution in [-0.2, 0) is 4.79 Å². The Bertz CT molecular complexity index is 784. The van der Waals surface area contributed by atoms with Crippen molar-refractivity contribution < 1.29 is 14.3 Å². The number of aryl methyl sites for hydroxylation is 1. The summed E-state index contributed by atoms with van der Waals surface area (Å²) >= 11 is 0. The molecule has 0 radical (unpaired) electrons. The summed E-state index contributed by atoms with van der Waals surface area (Å²) in [7, 11) is 1.77. The van der Waals surface area contributed by atoms with Crippen molar-refractivity contribution in [1.82, 2.24) is 4.90 Å². The predicted molar refractivity (Wildman–Crippen MR) is 106 cm³/mol. The zero-order valence-electron chi connectivity index (χ0n) is 16.0. The minimum absolute atomic E-state index is 0.0565. The molecule has 2 aromatic rings. The van der Waals surface area contributed by atoms with Crippen LogP contribution >= 0.6 is 0 Å². The van der Waals surface area contributed by atoms with Crippen molar-refractivity contribution >= 4 is 17.5 Å². The molecule has 5 heteroatoms. The average Bonchev–Trinajstić information content (AvgIpc) is 2.69. The lowest BCUT2D eigenvalue weighted by Crippen LogP contribution is -2.35. The van der Waals surface area contributed by atoms with Crippen molar-refractivity contribution in [3.05, 3.63) is 59.7 Å². The van der Waals surface area contributed by atoms with Gasteiger partial charge in [-0.25, -0.2) is 0 Å². The van der Waals surface area contributed by atoms with Crippen molar-refractivity contribution in [1.29, 1.82) is 0 Å². The summed E-state index contributed by atoms with van der Waals surface area (Å²) < 4.78 is 5.69. The molecule has 0 atom stereocenters. The van der Waals surface area contributed by atoms with Gasteiger partial charge >= 0.3 is 0 Å². The lowest BCUT2D eigenvalue weighted by molar-refractivity contribution is -0.119. The summed E-state index contributed by atoms with van der Waals surface area (Å²) in [6, 6.07) is 15.1. The third kappa shape index (κ3) is 4.88. The minimum atomic E-state index is -0.0565. The van der Waals surface area contributed by atoms with E-state index >= 15 is 0 Å². The summed E-state index contributed by atoms with van der Waals surface area (Å²) in [6.45, 7) is 3.72. The van der Waals surface area contributed by atoms with Crippen LogP contribution in [0.1, 0.15) is 35.2 Å². The maximum absolute atomic E-state index is 12.6. The fourth-order valence-corrected chi connectivity index (χ4v) is 3.12. The third-order valence-electron chi connectivity index (χ3n) is 4.81. The number of hydrogen-bond acceptors (Lipinski definition) is 3. The second kappa shape index (κ2) is 8.71. The van der Waals surface area contributed by atoms with Crippen LogP contribution in [0.25, 0.3) is 0 Å². The molecule has 0 saturated carbocycles. The predicted octanol–water partition coefficient (Wildman–Crippen LogP) is 3.66. The summed E-state index contributed by atoms with van der Waals surface area (Å²) in [5.41, 5.74) is 2.66. The first-order chi connectivity index (χ1) is 13.0. The Morgan fingerprint density at radius 2 is 1.78 bits per heavy atom. The minimum Gasteiger partial charge on any atom is -0.492 e. The number of anilines is 1. The largest absolute Gasteiger partial charge is 0.492 e. The normalized spacial score (nSPS) is 14.1. The number of carbonyl (C=O) groups is 2. The molecule has 0 aliphatic carbocycles. The van der Waals surface area contributed by atoms with Gasteiger partial charge in [-0.05, 0) is 56.2 Å². The molecule has 1 fully saturated rings. The number of ether oxygens (including phenoxy) is 1. The van der Waals surface area contributed by atoms with E-state index < -0.39 is 0 Å². The van der Waals surface area contributed by atoms with E-state index in [1.165, 1.54) is 5.56 Å². The van der Waals surface area contributed by atoms with Crippen molar-refractivity contribution in [2.75, 3.05) is 31.6 Å². The highest BCUT2D eigenvalue weighted by Gasteiger charge is 2.20. The zero-order chi connectivity index (χ0) is 19.2. The van der Waals surface area contributed by atoms with Gasteiger partial charge in [-0.2, -0.15) is 0 Å². The van der Waals surface area contributed by atoms with Gasteiger partial charge in [0.2, 0.25) is 5.91 Å². The second-order valence-electron chi connectivity index (χ2n) is 6.94. The van der Waals surface area contributed by atoms with E-state index in [4.69, 9.17) is 4.74 Å². The van der Waals surface area contributed by atoms with Gasteiger partial charge in [-0.3, -0.25) is 9.59 Å². The number of hydrogen-bond donors (Lipinski definition) is 0. The Labute approximate surface area is 160 Å². The van der Waals surface area contributed by atoms with Crippen molar-refractivity contribution in [2.45, 2.75) is 26.2 Å². The molecule has 1 heterocycles. The lowest BCUT2D eigenvalue weighted by Gasteiger charge is -2.27. The lowest BCUT2D eigenvalue weighted by atomic mass is 10.1. The van der Waals surface area contributed by atoms with Crippen molar-refractivity contribution in [3.63, 3.8) is 0 Å². The van der Waals surface area contributed by atoms with E-state index in [1.807, 2.05) is 43.3 Å². The van der Waals surface area contributed by atoms with E-state index in [9.17, 15) is 9.59 Å². The first-order valence-electron chi connectivity index (χ1n) is 9.40. The maximum atomic E-state index is 12.6. The molecule has 1 aliphatic rings. The van der Waals surface area contributed by atoms with Gasteiger partial charge in [0.1, 0.15) is 12.4 Å². The Morgan fingerprint density at radius 3 is 2.44 bits per heavy atom. The highest BCUT2D eigenvalue weighted by atomic mass is 16.5. The van der Waals surface area contributed by atoms with Crippen LogP contribution in [-0.4, -0.2) is 43.5 Å². The van der Waals surface area contributed by atoms with Crippen LogP contribution < -0.4 is 9.64 Å². The molecule has 2 amide bonds. The number of carbonyl (C=O) groups excluding carboxylic acids is 2. The Hall–Kier alpha value is -2.82. The van der Waals surface area contributed by atoms with Gasteiger partial charge in [0.25, 0.3) is 5.91 Å². The van der Waals surface area contributed by atoms with E-state index in [1.54, 1.807) is 29.0 Å². The van der Waals surface area contributed by atoms with Crippen LogP contribution in [0.5, 0.6) is 5.75 Å². The molecule has 0 spiro atoms. The molecular formula is C22H26N2O3. The highest BCUT2D eigenvalue weighted by Crippen LogP contribution is 2.21. The van der Waals surface area contributed by atoms with Crippen molar-refractivity contribution in [2.24, 2.45) is 0 Å². The Kier molecular flexibility index (Phi) is 6.12. The molecule has 1 aliphatic heterocycles. The van der Waals surface area contributed by atoms with Crippen LogP contribution in [0.4, 0.5) is 5.69 Å².